The van der Waals surface area contributed by atoms with Crippen LogP contribution in [0.25, 0.3) is 0 Å². The van der Waals surface area contributed by atoms with Gasteiger partial charge in [0.15, 0.2) is 5.78 Å². The van der Waals surface area contributed by atoms with E-state index >= 15 is 0 Å². The molecule has 0 atom stereocenters. The SMILES string of the molecule is CCCCCCCC(=O)c1cc(C(C)C)c(O)cc1C. The van der Waals surface area contributed by atoms with Crippen molar-refractivity contribution in [3.05, 3.63) is 28.8 Å². The van der Waals surface area contributed by atoms with E-state index in [4.69, 9.17) is 0 Å². The molecular weight excluding hydrogens is 248 g/mol. The summed E-state index contributed by atoms with van der Waals surface area (Å²) in [4.78, 5) is 12.3. The van der Waals surface area contributed by atoms with Crippen LogP contribution in [0.3, 0.4) is 0 Å². The standard InChI is InChI=1S/C18H28O2/c1-5-6-7-8-9-10-17(19)16-12-15(13(2)3)18(20)11-14(16)4/h11-13,20H,5-10H2,1-4H3. The van der Waals surface area contributed by atoms with Crippen LogP contribution in [0, 0.1) is 6.92 Å². The summed E-state index contributed by atoms with van der Waals surface area (Å²) < 4.78 is 0. The third-order valence-electron chi connectivity index (χ3n) is 3.80. The molecular formula is C18H28O2. The number of carbonyl (C=O) groups excluding carboxylic acids is 1. The molecule has 20 heavy (non-hydrogen) atoms. The van der Waals surface area contributed by atoms with E-state index in [1.54, 1.807) is 6.07 Å². The maximum atomic E-state index is 12.3. The minimum Gasteiger partial charge on any atom is -0.508 e. The van der Waals surface area contributed by atoms with Crippen molar-refractivity contribution in [1.82, 2.24) is 0 Å². The number of benzene rings is 1. The Morgan fingerprint density at radius 3 is 2.40 bits per heavy atom. The summed E-state index contributed by atoms with van der Waals surface area (Å²) in [7, 11) is 0. The summed E-state index contributed by atoms with van der Waals surface area (Å²) >= 11 is 0. The van der Waals surface area contributed by atoms with Crippen molar-refractivity contribution in [3.8, 4) is 5.75 Å². The van der Waals surface area contributed by atoms with E-state index in [9.17, 15) is 9.90 Å². The van der Waals surface area contributed by atoms with Crippen molar-refractivity contribution in [2.45, 2.75) is 72.1 Å². The molecule has 1 aromatic rings. The van der Waals surface area contributed by atoms with Crippen molar-refractivity contribution in [2.24, 2.45) is 0 Å². The molecule has 0 saturated heterocycles. The molecule has 0 fully saturated rings. The van der Waals surface area contributed by atoms with Gasteiger partial charge in [-0.1, -0.05) is 46.5 Å². The lowest BCUT2D eigenvalue weighted by atomic mass is 9.93. The molecule has 1 rings (SSSR count). The molecule has 0 saturated carbocycles. The van der Waals surface area contributed by atoms with Crippen LogP contribution in [-0.2, 0) is 0 Å². The smallest absolute Gasteiger partial charge is 0.163 e. The lowest BCUT2D eigenvalue weighted by Gasteiger charge is -2.13. The number of unbranched alkanes of at least 4 members (excludes halogenated alkanes) is 4. The monoisotopic (exact) mass is 276 g/mol. The number of hydrogen-bond acceptors (Lipinski definition) is 2. The fourth-order valence-electron chi connectivity index (χ4n) is 2.50. The zero-order valence-electron chi connectivity index (χ0n) is 13.3. The number of rotatable bonds is 8. The van der Waals surface area contributed by atoms with Crippen LogP contribution in [-0.4, -0.2) is 10.9 Å². The summed E-state index contributed by atoms with van der Waals surface area (Å²) in [5.41, 5.74) is 2.53. The van der Waals surface area contributed by atoms with E-state index in [-0.39, 0.29) is 11.7 Å². The van der Waals surface area contributed by atoms with Crippen LogP contribution in [0.15, 0.2) is 12.1 Å². The minimum absolute atomic E-state index is 0.209. The average Bonchev–Trinajstić information content (AvgIpc) is 2.37. The summed E-state index contributed by atoms with van der Waals surface area (Å²) in [5.74, 6) is 0.740. The largest absolute Gasteiger partial charge is 0.508 e. The van der Waals surface area contributed by atoms with Gasteiger partial charge in [-0.2, -0.15) is 0 Å². The molecule has 0 aliphatic heterocycles. The molecule has 112 valence electrons. The Hall–Kier alpha value is -1.31. The molecule has 0 aliphatic rings. The van der Waals surface area contributed by atoms with Crippen molar-refractivity contribution in [2.75, 3.05) is 0 Å². The summed E-state index contributed by atoms with van der Waals surface area (Å²) in [5, 5.41) is 9.93. The molecule has 0 radical (unpaired) electrons. The molecule has 1 N–H and O–H groups in total. The van der Waals surface area contributed by atoms with Gasteiger partial charge in [0.2, 0.25) is 0 Å². The average molecular weight is 276 g/mol. The Balaban J connectivity index is 2.70. The number of phenolic OH excluding ortho intramolecular Hbond substituents is 1. The van der Waals surface area contributed by atoms with Gasteiger partial charge in [0.05, 0.1) is 0 Å². The van der Waals surface area contributed by atoms with Gasteiger partial charge in [0, 0.05) is 12.0 Å². The van der Waals surface area contributed by atoms with Gasteiger partial charge in [-0.05, 0) is 42.5 Å². The highest BCUT2D eigenvalue weighted by Crippen LogP contribution is 2.29. The van der Waals surface area contributed by atoms with E-state index in [1.165, 1.54) is 19.3 Å². The zero-order chi connectivity index (χ0) is 15.1. The number of Topliss-reactive ketones (excluding diaryl/α,β-unsaturated/α-hetero) is 1. The molecule has 0 unspecified atom stereocenters. The molecule has 2 nitrogen and oxygen atoms in total. The van der Waals surface area contributed by atoms with Crippen molar-refractivity contribution in [1.29, 1.82) is 0 Å². The molecule has 0 aromatic heterocycles. The van der Waals surface area contributed by atoms with Crippen molar-refractivity contribution >= 4 is 5.78 Å². The molecule has 0 aliphatic carbocycles. The number of aryl methyl sites for hydroxylation is 1. The second-order valence-corrected chi connectivity index (χ2v) is 5.97. The third-order valence-corrected chi connectivity index (χ3v) is 3.80. The predicted molar refractivity (Wildman–Crippen MR) is 84.6 cm³/mol. The quantitative estimate of drug-likeness (QED) is 0.512. The molecule has 1 aromatic carbocycles. The first kappa shape index (κ1) is 16.7. The molecule has 0 spiro atoms. The van der Waals surface area contributed by atoms with Gasteiger partial charge < -0.3 is 5.11 Å². The van der Waals surface area contributed by atoms with Crippen LogP contribution in [0.2, 0.25) is 0 Å². The summed E-state index contributed by atoms with van der Waals surface area (Å²) in [6.45, 7) is 8.15. The van der Waals surface area contributed by atoms with Gasteiger partial charge in [0.1, 0.15) is 5.75 Å². The van der Waals surface area contributed by atoms with Gasteiger partial charge in [-0.15, -0.1) is 0 Å². The van der Waals surface area contributed by atoms with Crippen LogP contribution >= 0.6 is 0 Å². The number of ketones is 1. The van der Waals surface area contributed by atoms with Crippen LogP contribution in [0.4, 0.5) is 0 Å². The van der Waals surface area contributed by atoms with Gasteiger partial charge in [-0.3, -0.25) is 4.79 Å². The number of carbonyl (C=O) groups is 1. The van der Waals surface area contributed by atoms with Crippen molar-refractivity contribution in [3.63, 3.8) is 0 Å². The van der Waals surface area contributed by atoms with E-state index in [2.05, 4.69) is 6.92 Å². The van der Waals surface area contributed by atoms with Gasteiger partial charge >= 0.3 is 0 Å². The Bertz CT molecular complexity index is 447. The molecule has 0 heterocycles. The lowest BCUT2D eigenvalue weighted by molar-refractivity contribution is 0.0978. The number of phenols is 1. The summed E-state index contributed by atoms with van der Waals surface area (Å²) in [6.07, 6.45) is 6.42. The van der Waals surface area contributed by atoms with E-state index in [0.717, 1.165) is 29.5 Å². The topological polar surface area (TPSA) is 37.3 Å². The molecule has 0 bridgehead atoms. The van der Waals surface area contributed by atoms with E-state index in [0.29, 0.717) is 12.2 Å². The molecule has 2 heteroatoms. The summed E-state index contributed by atoms with van der Waals surface area (Å²) in [6, 6.07) is 3.60. The third kappa shape index (κ3) is 4.66. The normalized spacial score (nSPS) is 11.1. The van der Waals surface area contributed by atoms with Gasteiger partial charge in [0.25, 0.3) is 0 Å². The van der Waals surface area contributed by atoms with Crippen LogP contribution in [0.5, 0.6) is 5.75 Å². The Kier molecular flexibility index (Phi) is 6.77. The second-order valence-electron chi connectivity index (χ2n) is 5.97. The zero-order valence-corrected chi connectivity index (χ0v) is 13.3. The number of aromatic hydroxyl groups is 1. The highest BCUT2D eigenvalue weighted by molar-refractivity contribution is 5.97. The van der Waals surface area contributed by atoms with Crippen LogP contribution < -0.4 is 0 Å². The fraction of sp³-hybridized carbons (Fsp3) is 0.611. The lowest BCUT2D eigenvalue weighted by Crippen LogP contribution is -2.04. The highest BCUT2D eigenvalue weighted by atomic mass is 16.3. The Morgan fingerprint density at radius 2 is 1.80 bits per heavy atom. The fourth-order valence-corrected chi connectivity index (χ4v) is 2.50. The minimum atomic E-state index is 0.209. The molecule has 0 amide bonds. The van der Waals surface area contributed by atoms with E-state index in [1.807, 2.05) is 26.8 Å². The van der Waals surface area contributed by atoms with Crippen LogP contribution in [0.1, 0.15) is 86.7 Å². The highest BCUT2D eigenvalue weighted by Gasteiger charge is 2.14. The van der Waals surface area contributed by atoms with Crippen molar-refractivity contribution < 1.29 is 9.90 Å². The maximum absolute atomic E-state index is 12.3. The maximum Gasteiger partial charge on any atom is 0.163 e. The Morgan fingerprint density at radius 1 is 1.15 bits per heavy atom. The first-order chi connectivity index (χ1) is 9.47. The Labute approximate surface area is 123 Å². The van der Waals surface area contributed by atoms with E-state index < -0.39 is 0 Å². The first-order valence-electron chi connectivity index (χ1n) is 7.84. The number of hydrogen-bond donors (Lipinski definition) is 1. The first-order valence-corrected chi connectivity index (χ1v) is 7.84. The second kappa shape index (κ2) is 8.08. The predicted octanol–water partition coefficient (Wildman–Crippen LogP) is 5.37. The van der Waals surface area contributed by atoms with Gasteiger partial charge in [-0.25, -0.2) is 0 Å².